The minimum absolute atomic E-state index is 0.150. The molecular formula is C19H32N4O2. The van der Waals surface area contributed by atoms with E-state index < -0.39 is 0 Å². The summed E-state index contributed by atoms with van der Waals surface area (Å²) in [6.45, 7) is 2.46. The number of carbonyl (C=O) groups excluding carboxylic acids is 1. The molecule has 3 N–H and O–H groups in total. The highest BCUT2D eigenvalue weighted by Crippen LogP contribution is 2.26. The van der Waals surface area contributed by atoms with Gasteiger partial charge in [0.2, 0.25) is 5.91 Å². The molecule has 0 spiro atoms. The van der Waals surface area contributed by atoms with Crippen LogP contribution in [0.5, 0.6) is 0 Å². The number of hydrogen-bond acceptors (Lipinski definition) is 3. The van der Waals surface area contributed by atoms with Crippen LogP contribution >= 0.6 is 0 Å². The van der Waals surface area contributed by atoms with Crippen LogP contribution in [0.15, 0.2) is 16.6 Å². The maximum atomic E-state index is 12.3. The van der Waals surface area contributed by atoms with Crippen molar-refractivity contribution in [1.82, 2.24) is 16.0 Å². The van der Waals surface area contributed by atoms with Crippen molar-refractivity contribution >= 4 is 11.9 Å². The molecule has 2 aliphatic carbocycles. The molecule has 0 radical (unpaired) electrons. The molecule has 2 fully saturated rings. The van der Waals surface area contributed by atoms with Gasteiger partial charge in [-0.15, -0.1) is 0 Å². The Morgan fingerprint density at radius 1 is 1.24 bits per heavy atom. The Morgan fingerprint density at radius 2 is 2.12 bits per heavy atom. The molecule has 25 heavy (non-hydrogen) atoms. The van der Waals surface area contributed by atoms with Crippen LogP contribution in [0.4, 0.5) is 0 Å². The fraction of sp³-hybridized carbons (Fsp3) is 0.789. The highest BCUT2D eigenvalue weighted by atomic mass is 16.5. The second-order valence-electron chi connectivity index (χ2n) is 7.42. The molecule has 0 aromatic heterocycles. The lowest BCUT2D eigenvalue weighted by molar-refractivity contribution is -0.126. The summed E-state index contributed by atoms with van der Waals surface area (Å²) in [7, 11) is 1.81. The minimum Gasteiger partial charge on any atom is -0.377 e. The molecule has 0 saturated heterocycles. The second-order valence-corrected chi connectivity index (χ2v) is 7.42. The number of nitrogens with one attached hydrogen (secondary N) is 3. The van der Waals surface area contributed by atoms with E-state index in [1.807, 2.05) is 7.05 Å². The SMILES string of the molecule is CN=C(NCCC1=CCOCC1)NC1CCCC(C(=O)NC2CC2)C1. The number of hydrogen-bond donors (Lipinski definition) is 3. The Bertz CT molecular complexity index is 514. The van der Waals surface area contributed by atoms with Gasteiger partial charge in [-0.05, 0) is 44.9 Å². The van der Waals surface area contributed by atoms with Crippen molar-refractivity contribution in [2.45, 2.75) is 63.5 Å². The minimum atomic E-state index is 0.150. The molecule has 0 aromatic carbocycles. The predicted octanol–water partition coefficient (Wildman–Crippen LogP) is 1.73. The Balaban J connectivity index is 1.39. The molecule has 3 aliphatic rings. The van der Waals surface area contributed by atoms with Gasteiger partial charge >= 0.3 is 0 Å². The van der Waals surface area contributed by atoms with Crippen LogP contribution in [-0.4, -0.2) is 50.8 Å². The summed E-state index contributed by atoms with van der Waals surface area (Å²) in [4.78, 5) is 16.6. The van der Waals surface area contributed by atoms with Crippen molar-refractivity contribution in [2.75, 3.05) is 26.8 Å². The molecule has 1 heterocycles. The van der Waals surface area contributed by atoms with Gasteiger partial charge in [-0.2, -0.15) is 0 Å². The van der Waals surface area contributed by atoms with E-state index in [2.05, 4.69) is 27.0 Å². The van der Waals surface area contributed by atoms with Crippen LogP contribution in [0, 0.1) is 5.92 Å². The van der Waals surface area contributed by atoms with Crippen LogP contribution in [-0.2, 0) is 9.53 Å². The Morgan fingerprint density at radius 3 is 2.84 bits per heavy atom. The van der Waals surface area contributed by atoms with Crippen LogP contribution in [0.3, 0.4) is 0 Å². The van der Waals surface area contributed by atoms with E-state index in [1.54, 1.807) is 0 Å². The van der Waals surface area contributed by atoms with Gasteiger partial charge in [0.1, 0.15) is 0 Å². The van der Waals surface area contributed by atoms with Gasteiger partial charge in [0, 0.05) is 31.6 Å². The number of guanidine groups is 1. The third-order valence-corrected chi connectivity index (χ3v) is 5.33. The van der Waals surface area contributed by atoms with E-state index in [0.29, 0.717) is 12.1 Å². The van der Waals surface area contributed by atoms with Crippen molar-refractivity contribution in [3.05, 3.63) is 11.6 Å². The van der Waals surface area contributed by atoms with E-state index in [1.165, 1.54) is 5.57 Å². The monoisotopic (exact) mass is 348 g/mol. The maximum Gasteiger partial charge on any atom is 0.223 e. The first-order valence-corrected chi connectivity index (χ1v) is 9.78. The van der Waals surface area contributed by atoms with Gasteiger partial charge in [0.05, 0.1) is 13.2 Å². The van der Waals surface area contributed by atoms with Crippen molar-refractivity contribution in [1.29, 1.82) is 0 Å². The molecular weight excluding hydrogens is 316 g/mol. The highest BCUT2D eigenvalue weighted by molar-refractivity contribution is 5.81. The summed E-state index contributed by atoms with van der Waals surface area (Å²) in [5, 5.41) is 10.1. The van der Waals surface area contributed by atoms with E-state index in [0.717, 1.165) is 77.1 Å². The topological polar surface area (TPSA) is 74.8 Å². The smallest absolute Gasteiger partial charge is 0.223 e. The van der Waals surface area contributed by atoms with Gasteiger partial charge in [-0.1, -0.05) is 18.1 Å². The average molecular weight is 348 g/mol. The van der Waals surface area contributed by atoms with Crippen molar-refractivity contribution in [3.63, 3.8) is 0 Å². The molecule has 2 atom stereocenters. The standard InChI is InChI=1S/C19H32N4O2/c1-20-19(21-10-7-14-8-11-25-12-9-14)23-17-4-2-3-15(13-17)18(24)22-16-5-6-16/h8,15-17H,2-7,9-13H2,1H3,(H,22,24)(H2,20,21,23). The van der Waals surface area contributed by atoms with Gasteiger partial charge in [-0.3, -0.25) is 9.79 Å². The fourth-order valence-corrected chi connectivity index (χ4v) is 3.63. The second kappa shape index (κ2) is 9.22. The molecule has 0 aromatic rings. The third-order valence-electron chi connectivity index (χ3n) is 5.33. The fourth-order valence-electron chi connectivity index (χ4n) is 3.63. The van der Waals surface area contributed by atoms with Gasteiger partial charge in [-0.25, -0.2) is 0 Å². The number of rotatable bonds is 6. The lowest BCUT2D eigenvalue weighted by atomic mass is 9.85. The maximum absolute atomic E-state index is 12.3. The third kappa shape index (κ3) is 6.03. The highest BCUT2D eigenvalue weighted by Gasteiger charge is 2.31. The van der Waals surface area contributed by atoms with Crippen LogP contribution in [0.25, 0.3) is 0 Å². The summed E-state index contributed by atoms with van der Waals surface area (Å²) in [6.07, 6.45) is 10.7. The van der Waals surface area contributed by atoms with Crippen LogP contribution in [0.2, 0.25) is 0 Å². The molecule has 6 heteroatoms. The summed E-state index contributed by atoms with van der Waals surface area (Å²) in [6, 6.07) is 0.784. The molecule has 6 nitrogen and oxygen atoms in total. The summed E-state index contributed by atoms with van der Waals surface area (Å²) in [5.41, 5.74) is 1.46. The van der Waals surface area contributed by atoms with E-state index >= 15 is 0 Å². The molecule has 1 aliphatic heterocycles. The average Bonchev–Trinajstić information content (AvgIpc) is 3.46. The molecule has 2 saturated carbocycles. The zero-order valence-corrected chi connectivity index (χ0v) is 15.4. The lowest BCUT2D eigenvalue weighted by Crippen LogP contribution is -2.47. The first-order chi connectivity index (χ1) is 12.2. The zero-order valence-electron chi connectivity index (χ0n) is 15.4. The Kier molecular flexibility index (Phi) is 6.73. The summed E-state index contributed by atoms with van der Waals surface area (Å²) in [5.74, 6) is 1.25. The summed E-state index contributed by atoms with van der Waals surface area (Å²) < 4.78 is 5.34. The lowest BCUT2D eigenvalue weighted by Gasteiger charge is -2.30. The van der Waals surface area contributed by atoms with Crippen molar-refractivity contribution in [2.24, 2.45) is 10.9 Å². The zero-order chi connectivity index (χ0) is 17.5. The molecule has 140 valence electrons. The molecule has 0 bridgehead atoms. The van der Waals surface area contributed by atoms with Crippen molar-refractivity contribution < 1.29 is 9.53 Å². The van der Waals surface area contributed by atoms with Gasteiger partial charge in [0.25, 0.3) is 0 Å². The Labute approximate surface area is 150 Å². The molecule has 3 rings (SSSR count). The largest absolute Gasteiger partial charge is 0.377 e. The number of carbonyl (C=O) groups is 1. The summed E-state index contributed by atoms with van der Waals surface area (Å²) >= 11 is 0. The quantitative estimate of drug-likeness (QED) is 0.388. The van der Waals surface area contributed by atoms with Gasteiger partial charge < -0.3 is 20.7 Å². The number of aliphatic imine (C=N–C) groups is 1. The van der Waals surface area contributed by atoms with Crippen LogP contribution in [0.1, 0.15) is 51.4 Å². The first kappa shape index (κ1) is 18.2. The normalized spacial score (nSPS) is 27.4. The van der Waals surface area contributed by atoms with Crippen molar-refractivity contribution in [3.8, 4) is 0 Å². The van der Waals surface area contributed by atoms with Gasteiger partial charge in [0.15, 0.2) is 5.96 Å². The number of nitrogens with zero attached hydrogens (tertiary/aromatic N) is 1. The molecule has 2 unspecified atom stereocenters. The first-order valence-electron chi connectivity index (χ1n) is 9.78. The number of amides is 1. The van der Waals surface area contributed by atoms with E-state index in [-0.39, 0.29) is 11.8 Å². The number of ether oxygens (including phenoxy) is 1. The van der Waals surface area contributed by atoms with E-state index in [4.69, 9.17) is 4.74 Å². The predicted molar refractivity (Wildman–Crippen MR) is 99.5 cm³/mol. The Hall–Kier alpha value is -1.56. The van der Waals surface area contributed by atoms with Crippen LogP contribution < -0.4 is 16.0 Å². The van der Waals surface area contributed by atoms with E-state index in [9.17, 15) is 4.79 Å². The molecule has 1 amide bonds.